The summed E-state index contributed by atoms with van der Waals surface area (Å²) in [4.78, 5) is 26.3. The molecule has 0 radical (unpaired) electrons. The molecule has 3 N–H and O–H groups in total. The molecule has 0 unspecified atom stereocenters. The molecule has 0 fully saturated rings. The van der Waals surface area contributed by atoms with Crippen LogP contribution in [0.15, 0.2) is 29.2 Å². The van der Waals surface area contributed by atoms with Crippen molar-refractivity contribution in [2.45, 2.75) is 11.3 Å². The van der Waals surface area contributed by atoms with Crippen LogP contribution in [0.25, 0.3) is 0 Å². The molecular weight excluding hydrogens is 262 g/mol. The molecule has 0 saturated carbocycles. The molecular formula is C13H17N3O2S. The van der Waals surface area contributed by atoms with Crippen molar-refractivity contribution in [2.24, 2.45) is 5.73 Å². The number of carbonyl (C=O) groups excluding carboxylic acids is 2. The van der Waals surface area contributed by atoms with Crippen molar-refractivity contribution in [3.8, 4) is 0 Å². The molecule has 1 heterocycles. The molecule has 1 aliphatic heterocycles. The quantitative estimate of drug-likeness (QED) is 0.774. The maximum Gasteiger partial charge on any atom is 0.240 e. The number of nitrogens with one attached hydrogen (secondary N) is 1. The van der Waals surface area contributed by atoms with E-state index in [1.54, 1.807) is 4.90 Å². The number of para-hydroxylation sites is 1. The van der Waals surface area contributed by atoms with Gasteiger partial charge in [-0.25, -0.2) is 0 Å². The number of carbonyl (C=O) groups is 2. The third-order valence-corrected chi connectivity index (χ3v) is 3.86. The third-order valence-electron chi connectivity index (χ3n) is 2.81. The second-order valence-corrected chi connectivity index (χ2v) is 5.25. The van der Waals surface area contributed by atoms with Gasteiger partial charge in [0.15, 0.2) is 0 Å². The molecule has 19 heavy (non-hydrogen) atoms. The van der Waals surface area contributed by atoms with Gasteiger partial charge in [0.05, 0.1) is 11.4 Å². The summed E-state index contributed by atoms with van der Waals surface area (Å²) in [7, 11) is 0. The van der Waals surface area contributed by atoms with E-state index >= 15 is 0 Å². The first kappa shape index (κ1) is 13.9. The van der Waals surface area contributed by atoms with E-state index < -0.39 is 0 Å². The number of anilines is 1. The summed E-state index contributed by atoms with van der Waals surface area (Å²) >= 11 is 1.51. The zero-order chi connectivity index (χ0) is 13.7. The first-order valence-electron chi connectivity index (χ1n) is 6.21. The van der Waals surface area contributed by atoms with Crippen molar-refractivity contribution in [2.75, 3.05) is 30.3 Å². The molecule has 2 amide bonds. The molecule has 2 rings (SSSR count). The monoisotopic (exact) mass is 279 g/mol. The van der Waals surface area contributed by atoms with Gasteiger partial charge < -0.3 is 16.0 Å². The normalized spacial score (nSPS) is 14.2. The van der Waals surface area contributed by atoms with Crippen LogP contribution in [0, 0.1) is 0 Å². The number of amides is 2. The highest BCUT2D eigenvalue weighted by atomic mass is 32.2. The van der Waals surface area contributed by atoms with E-state index in [-0.39, 0.29) is 18.4 Å². The number of hydrogen-bond acceptors (Lipinski definition) is 4. The molecule has 6 heteroatoms. The maximum atomic E-state index is 11.9. The van der Waals surface area contributed by atoms with E-state index in [0.29, 0.717) is 18.8 Å². The minimum absolute atomic E-state index is 0.0299. The van der Waals surface area contributed by atoms with Gasteiger partial charge in [-0.2, -0.15) is 0 Å². The van der Waals surface area contributed by atoms with E-state index in [9.17, 15) is 9.59 Å². The molecule has 1 aromatic carbocycles. The summed E-state index contributed by atoms with van der Waals surface area (Å²) in [5.74, 6) is 0.203. The fourth-order valence-corrected chi connectivity index (χ4v) is 2.79. The van der Waals surface area contributed by atoms with E-state index in [0.717, 1.165) is 17.0 Å². The van der Waals surface area contributed by atoms with Crippen LogP contribution < -0.4 is 16.0 Å². The predicted molar refractivity (Wildman–Crippen MR) is 76.2 cm³/mol. The molecule has 0 saturated heterocycles. The van der Waals surface area contributed by atoms with Crippen molar-refractivity contribution in [3.05, 3.63) is 24.3 Å². The van der Waals surface area contributed by atoms with Crippen LogP contribution in [0.4, 0.5) is 5.69 Å². The Morgan fingerprint density at radius 3 is 3.00 bits per heavy atom. The Balaban J connectivity index is 2.03. The fraction of sp³-hybridized carbons (Fsp3) is 0.385. The average molecular weight is 279 g/mol. The Morgan fingerprint density at radius 1 is 1.42 bits per heavy atom. The van der Waals surface area contributed by atoms with Crippen molar-refractivity contribution >= 4 is 29.3 Å². The van der Waals surface area contributed by atoms with Gasteiger partial charge in [-0.3, -0.25) is 9.59 Å². The highest BCUT2D eigenvalue weighted by Gasteiger charge is 2.25. The molecule has 5 nitrogen and oxygen atoms in total. The minimum Gasteiger partial charge on any atom is -0.355 e. The lowest BCUT2D eigenvalue weighted by Gasteiger charge is -2.28. The van der Waals surface area contributed by atoms with E-state index in [4.69, 9.17) is 5.73 Å². The van der Waals surface area contributed by atoms with Gasteiger partial charge in [0.2, 0.25) is 11.8 Å². The lowest BCUT2D eigenvalue weighted by molar-refractivity contribution is -0.122. The second-order valence-electron chi connectivity index (χ2n) is 4.23. The first-order valence-corrected chi connectivity index (χ1v) is 7.20. The number of hydrogen-bond donors (Lipinski definition) is 2. The maximum absolute atomic E-state index is 11.9. The minimum atomic E-state index is -0.150. The molecule has 1 aliphatic rings. The molecule has 0 atom stereocenters. The summed E-state index contributed by atoms with van der Waals surface area (Å²) < 4.78 is 0. The standard InChI is InChI=1S/C13H17N3O2S/c14-6-3-7-15-12(17)8-16-10-4-1-2-5-11(10)19-9-13(16)18/h1-2,4-5H,3,6-9,14H2,(H,15,17). The SMILES string of the molecule is NCCCNC(=O)CN1C(=O)CSc2ccccc21. The van der Waals surface area contributed by atoms with Crippen LogP contribution in [0.2, 0.25) is 0 Å². The van der Waals surface area contributed by atoms with Crippen molar-refractivity contribution in [3.63, 3.8) is 0 Å². The van der Waals surface area contributed by atoms with Crippen LogP contribution >= 0.6 is 11.8 Å². The number of fused-ring (bicyclic) bond motifs is 1. The van der Waals surface area contributed by atoms with Gasteiger partial charge >= 0.3 is 0 Å². The Labute approximate surface area is 116 Å². The molecule has 102 valence electrons. The van der Waals surface area contributed by atoms with Crippen LogP contribution in [-0.2, 0) is 9.59 Å². The van der Waals surface area contributed by atoms with Crippen LogP contribution in [-0.4, -0.2) is 37.2 Å². The zero-order valence-electron chi connectivity index (χ0n) is 10.6. The summed E-state index contributed by atoms with van der Waals surface area (Å²) in [5.41, 5.74) is 6.18. The van der Waals surface area contributed by atoms with E-state index in [2.05, 4.69) is 5.32 Å². The summed E-state index contributed by atoms with van der Waals surface area (Å²) in [5, 5.41) is 2.76. The summed E-state index contributed by atoms with van der Waals surface area (Å²) in [6, 6.07) is 7.64. The fourth-order valence-electron chi connectivity index (χ4n) is 1.86. The average Bonchev–Trinajstić information content (AvgIpc) is 2.42. The Kier molecular flexibility index (Phi) is 4.81. The summed E-state index contributed by atoms with van der Waals surface area (Å²) in [6.45, 7) is 1.16. The smallest absolute Gasteiger partial charge is 0.240 e. The van der Waals surface area contributed by atoms with Crippen LogP contribution in [0.3, 0.4) is 0 Å². The van der Waals surface area contributed by atoms with Crippen molar-refractivity contribution in [1.29, 1.82) is 0 Å². The molecule has 0 bridgehead atoms. The number of benzene rings is 1. The predicted octanol–water partition coefficient (Wildman–Crippen LogP) is 0.590. The Hall–Kier alpha value is -1.53. The molecule has 0 aliphatic carbocycles. The van der Waals surface area contributed by atoms with Crippen LogP contribution in [0.1, 0.15) is 6.42 Å². The second kappa shape index (κ2) is 6.58. The highest BCUT2D eigenvalue weighted by Crippen LogP contribution is 2.34. The number of nitrogens with two attached hydrogens (primary N) is 1. The van der Waals surface area contributed by atoms with Gasteiger partial charge in [-0.15, -0.1) is 11.8 Å². The van der Waals surface area contributed by atoms with Gasteiger partial charge in [0.25, 0.3) is 0 Å². The summed E-state index contributed by atoms with van der Waals surface area (Å²) in [6.07, 6.45) is 0.742. The van der Waals surface area contributed by atoms with Crippen LogP contribution in [0.5, 0.6) is 0 Å². The van der Waals surface area contributed by atoms with Gasteiger partial charge in [0, 0.05) is 11.4 Å². The van der Waals surface area contributed by atoms with Gasteiger partial charge in [0.1, 0.15) is 6.54 Å². The first-order chi connectivity index (χ1) is 9.22. The van der Waals surface area contributed by atoms with E-state index in [1.807, 2.05) is 24.3 Å². The third kappa shape index (κ3) is 3.48. The number of thioether (sulfide) groups is 1. The number of nitrogens with zero attached hydrogens (tertiary/aromatic N) is 1. The van der Waals surface area contributed by atoms with Crippen molar-refractivity contribution in [1.82, 2.24) is 5.32 Å². The molecule has 0 aromatic heterocycles. The Morgan fingerprint density at radius 2 is 2.21 bits per heavy atom. The lowest BCUT2D eigenvalue weighted by atomic mass is 10.2. The highest BCUT2D eigenvalue weighted by molar-refractivity contribution is 8.00. The van der Waals surface area contributed by atoms with Gasteiger partial charge in [-0.1, -0.05) is 12.1 Å². The Bertz CT molecular complexity index is 479. The zero-order valence-corrected chi connectivity index (χ0v) is 11.4. The van der Waals surface area contributed by atoms with Crippen molar-refractivity contribution < 1.29 is 9.59 Å². The topological polar surface area (TPSA) is 75.4 Å². The lowest BCUT2D eigenvalue weighted by Crippen LogP contribution is -2.43. The number of rotatable bonds is 5. The molecule has 1 aromatic rings. The van der Waals surface area contributed by atoms with E-state index in [1.165, 1.54) is 11.8 Å². The largest absolute Gasteiger partial charge is 0.355 e. The van der Waals surface area contributed by atoms with Gasteiger partial charge in [-0.05, 0) is 25.1 Å². The molecule has 0 spiro atoms.